The highest BCUT2D eigenvalue weighted by molar-refractivity contribution is 5.93. The van der Waals surface area contributed by atoms with Crippen LogP contribution >= 0.6 is 0 Å². The van der Waals surface area contributed by atoms with Gasteiger partial charge in [0, 0.05) is 12.1 Å². The van der Waals surface area contributed by atoms with Crippen LogP contribution in [0.5, 0.6) is 5.75 Å². The predicted molar refractivity (Wildman–Crippen MR) is 103 cm³/mol. The highest BCUT2D eigenvalue weighted by Gasteiger charge is 2.14. The van der Waals surface area contributed by atoms with Crippen molar-refractivity contribution in [1.82, 2.24) is 0 Å². The first-order valence-electron chi connectivity index (χ1n) is 8.70. The number of esters is 1. The summed E-state index contributed by atoms with van der Waals surface area (Å²) in [5, 5.41) is 13.3. The Hall–Kier alpha value is -3.42. The van der Waals surface area contributed by atoms with Crippen LogP contribution in [0.3, 0.4) is 0 Å². The van der Waals surface area contributed by atoms with Crippen LogP contribution in [0.2, 0.25) is 0 Å². The lowest BCUT2D eigenvalue weighted by Gasteiger charge is -2.13. The molecule has 8 nitrogen and oxygen atoms in total. The molecule has 0 bridgehead atoms. The number of nitro groups is 1. The Morgan fingerprint density at radius 1 is 1.14 bits per heavy atom. The maximum absolute atomic E-state index is 12.0. The Morgan fingerprint density at radius 3 is 2.54 bits per heavy atom. The van der Waals surface area contributed by atoms with Crippen LogP contribution in [-0.2, 0) is 14.3 Å². The standard InChI is InChI=1S/C20H22N2O6/c1-13(2)16-6-4-5-7-18(16)27-12-20(24)28-11-19(23)21-17-10-15(22(25)26)9-8-14(17)3/h4-10,13H,11-12H2,1-3H3,(H,21,23). The van der Waals surface area contributed by atoms with Crippen LogP contribution in [-0.4, -0.2) is 30.0 Å². The quantitative estimate of drug-likeness (QED) is 0.422. The van der Waals surface area contributed by atoms with Gasteiger partial charge in [-0.3, -0.25) is 14.9 Å². The molecule has 0 unspecified atom stereocenters. The zero-order valence-electron chi connectivity index (χ0n) is 15.9. The van der Waals surface area contributed by atoms with E-state index in [4.69, 9.17) is 9.47 Å². The molecule has 0 spiro atoms. The maximum Gasteiger partial charge on any atom is 0.344 e. The zero-order valence-corrected chi connectivity index (χ0v) is 15.9. The van der Waals surface area contributed by atoms with Crippen molar-refractivity contribution in [3.8, 4) is 5.75 Å². The number of aryl methyl sites for hydroxylation is 1. The van der Waals surface area contributed by atoms with Crippen LogP contribution < -0.4 is 10.1 Å². The lowest BCUT2D eigenvalue weighted by molar-refractivity contribution is -0.384. The molecule has 0 aromatic heterocycles. The lowest BCUT2D eigenvalue weighted by Crippen LogP contribution is -2.24. The summed E-state index contributed by atoms with van der Waals surface area (Å²) in [6.07, 6.45) is 0. The molecule has 148 valence electrons. The molecule has 1 amide bonds. The van der Waals surface area contributed by atoms with Crippen molar-refractivity contribution in [2.24, 2.45) is 0 Å². The smallest absolute Gasteiger partial charge is 0.344 e. The van der Waals surface area contributed by atoms with E-state index in [1.54, 1.807) is 19.1 Å². The second-order valence-corrected chi connectivity index (χ2v) is 6.45. The Labute approximate surface area is 162 Å². The number of hydrogen-bond donors (Lipinski definition) is 1. The van der Waals surface area contributed by atoms with Crippen molar-refractivity contribution in [3.63, 3.8) is 0 Å². The van der Waals surface area contributed by atoms with Gasteiger partial charge in [-0.15, -0.1) is 0 Å². The fourth-order valence-electron chi connectivity index (χ4n) is 2.46. The van der Waals surface area contributed by atoms with E-state index in [0.717, 1.165) is 5.56 Å². The largest absolute Gasteiger partial charge is 0.482 e. The number of amides is 1. The van der Waals surface area contributed by atoms with Gasteiger partial charge in [0.2, 0.25) is 0 Å². The van der Waals surface area contributed by atoms with Crippen molar-refractivity contribution in [2.45, 2.75) is 26.7 Å². The molecule has 28 heavy (non-hydrogen) atoms. The lowest BCUT2D eigenvalue weighted by atomic mass is 10.0. The van der Waals surface area contributed by atoms with Crippen LogP contribution in [0.1, 0.15) is 30.9 Å². The first-order valence-corrected chi connectivity index (χ1v) is 8.70. The molecule has 0 saturated carbocycles. The number of hydrogen-bond acceptors (Lipinski definition) is 6. The normalized spacial score (nSPS) is 10.4. The van der Waals surface area contributed by atoms with E-state index in [9.17, 15) is 19.7 Å². The molecule has 0 atom stereocenters. The number of ether oxygens (including phenoxy) is 2. The van der Waals surface area contributed by atoms with Crippen LogP contribution in [0.15, 0.2) is 42.5 Å². The number of non-ortho nitro benzene ring substituents is 1. The van der Waals surface area contributed by atoms with Crippen molar-refractivity contribution >= 4 is 23.3 Å². The first-order chi connectivity index (χ1) is 13.3. The second-order valence-electron chi connectivity index (χ2n) is 6.45. The van der Waals surface area contributed by atoms with E-state index >= 15 is 0 Å². The van der Waals surface area contributed by atoms with E-state index in [2.05, 4.69) is 5.32 Å². The molecule has 0 radical (unpaired) electrons. The summed E-state index contributed by atoms with van der Waals surface area (Å²) in [5.41, 5.74) is 1.76. The second kappa shape index (κ2) is 9.50. The highest BCUT2D eigenvalue weighted by Crippen LogP contribution is 2.25. The highest BCUT2D eigenvalue weighted by atomic mass is 16.6. The fraction of sp³-hybridized carbons (Fsp3) is 0.300. The average Bonchev–Trinajstić information content (AvgIpc) is 2.66. The Morgan fingerprint density at radius 2 is 1.86 bits per heavy atom. The first kappa shape index (κ1) is 20.9. The Kier molecular flexibility index (Phi) is 7.08. The van der Waals surface area contributed by atoms with E-state index in [-0.39, 0.29) is 23.9 Å². The van der Waals surface area contributed by atoms with Crippen LogP contribution in [0.25, 0.3) is 0 Å². The van der Waals surface area contributed by atoms with Gasteiger partial charge >= 0.3 is 5.97 Å². The van der Waals surface area contributed by atoms with Gasteiger partial charge in [0.05, 0.1) is 10.6 Å². The number of nitro benzene ring substituents is 1. The van der Waals surface area contributed by atoms with Gasteiger partial charge in [-0.25, -0.2) is 4.79 Å². The van der Waals surface area contributed by atoms with E-state index in [0.29, 0.717) is 11.3 Å². The molecule has 1 N–H and O–H groups in total. The molecule has 0 aliphatic carbocycles. The minimum atomic E-state index is -0.690. The summed E-state index contributed by atoms with van der Waals surface area (Å²) in [4.78, 5) is 34.1. The molecule has 2 aromatic carbocycles. The number of carbonyl (C=O) groups excluding carboxylic acids is 2. The van der Waals surface area contributed by atoms with Gasteiger partial charge in [-0.1, -0.05) is 38.1 Å². The number of nitrogens with zero attached hydrogens (tertiary/aromatic N) is 1. The third-order valence-corrected chi connectivity index (χ3v) is 3.96. The molecule has 8 heteroatoms. The van der Waals surface area contributed by atoms with Gasteiger partial charge in [0.15, 0.2) is 13.2 Å². The summed E-state index contributed by atoms with van der Waals surface area (Å²) in [6.45, 7) is 4.88. The molecule has 0 saturated heterocycles. The van der Waals surface area contributed by atoms with E-state index in [1.165, 1.54) is 18.2 Å². The maximum atomic E-state index is 12.0. The number of rotatable bonds is 8. The molecule has 2 aromatic rings. The van der Waals surface area contributed by atoms with Gasteiger partial charge in [0.25, 0.3) is 11.6 Å². The number of carbonyl (C=O) groups is 2. The van der Waals surface area contributed by atoms with Gasteiger partial charge in [0.1, 0.15) is 5.75 Å². The summed E-state index contributed by atoms with van der Waals surface area (Å²) in [6, 6.07) is 11.5. The number of nitrogens with one attached hydrogen (secondary N) is 1. The minimum Gasteiger partial charge on any atom is -0.482 e. The van der Waals surface area contributed by atoms with Crippen LogP contribution in [0.4, 0.5) is 11.4 Å². The van der Waals surface area contributed by atoms with Gasteiger partial charge in [-0.2, -0.15) is 0 Å². The van der Waals surface area contributed by atoms with Crippen molar-refractivity contribution in [3.05, 3.63) is 63.7 Å². The molecular formula is C20H22N2O6. The summed E-state index contributed by atoms with van der Waals surface area (Å²) in [7, 11) is 0. The molecule has 0 aliphatic rings. The SMILES string of the molecule is Cc1ccc([N+](=O)[O-])cc1NC(=O)COC(=O)COc1ccccc1C(C)C. The zero-order chi connectivity index (χ0) is 20.7. The van der Waals surface area contributed by atoms with Gasteiger partial charge in [-0.05, 0) is 30.0 Å². The Bertz CT molecular complexity index is 879. The van der Waals surface area contributed by atoms with E-state index in [1.807, 2.05) is 26.0 Å². The summed E-state index contributed by atoms with van der Waals surface area (Å²) < 4.78 is 10.4. The monoisotopic (exact) mass is 386 g/mol. The van der Waals surface area contributed by atoms with Crippen LogP contribution in [0, 0.1) is 17.0 Å². The third-order valence-electron chi connectivity index (χ3n) is 3.96. The average molecular weight is 386 g/mol. The number of benzene rings is 2. The fourth-order valence-corrected chi connectivity index (χ4v) is 2.46. The minimum absolute atomic E-state index is 0.143. The molecular weight excluding hydrogens is 364 g/mol. The van der Waals surface area contributed by atoms with E-state index < -0.39 is 23.4 Å². The number of anilines is 1. The molecule has 0 heterocycles. The topological polar surface area (TPSA) is 108 Å². The van der Waals surface area contributed by atoms with Crippen molar-refractivity contribution in [2.75, 3.05) is 18.5 Å². The van der Waals surface area contributed by atoms with Gasteiger partial charge < -0.3 is 14.8 Å². The third kappa shape index (κ3) is 5.80. The molecule has 2 rings (SSSR count). The Balaban J connectivity index is 1.86. The predicted octanol–water partition coefficient (Wildman–Crippen LogP) is 3.59. The van der Waals surface area contributed by atoms with Crippen molar-refractivity contribution in [1.29, 1.82) is 0 Å². The summed E-state index contributed by atoms with van der Waals surface area (Å²) >= 11 is 0. The molecule has 0 fully saturated rings. The van der Waals surface area contributed by atoms with Crippen molar-refractivity contribution < 1.29 is 24.0 Å². The summed E-state index contributed by atoms with van der Waals surface area (Å²) in [5.74, 6) is -0.466. The number of para-hydroxylation sites is 1. The molecule has 0 aliphatic heterocycles.